The number of carbonyl (C=O) groups is 2. The monoisotopic (exact) mass is 403 g/mol. The summed E-state index contributed by atoms with van der Waals surface area (Å²) in [5, 5.41) is 0. The third-order valence-corrected chi connectivity index (χ3v) is 4.55. The van der Waals surface area contributed by atoms with Gasteiger partial charge in [-0.2, -0.15) is 5.48 Å². The zero-order valence-electron chi connectivity index (χ0n) is 17.1. The van der Waals surface area contributed by atoms with Crippen LogP contribution in [0.2, 0.25) is 0 Å². The lowest BCUT2D eigenvalue weighted by atomic mass is 10.2. The molecule has 0 atom stereocenters. The Morgan fingerprint density at radius 1 is 0.800 bits per heavy atom. The van der Waals surface area contributed by atoms with Crippen LogP contribution in [0.3, 0.4) is 0 Å². The first-order valence-electron chi connectivity index (χ1n) is 9.64. The summed E-state index contributed by atoms with van der Waals surface area (Å²) >= 11 is 0. The summed E-state index contributed by atoms with van der Waals surface area (Å²) in [4.78, 5) is 33.8. The Balaban J connectivity index is 1.68. The number of hydrogen-bond acceptors (Lipinski definition) is 4. The lowest BCUT2D eigenvalue weighted by Gasteiger charge is -2.22. The molecule has 0 heterocycles. The number of rotatable bonds is 6. The van der Waals surface area contributed by atoms with E-state index in [0.717, 1.165) is 16.8 Å². The minimum Gasteiger partial charge on any atom is -0.378 e. The van der Waals surface area contributed by atoms with Crippen molar-refractivity contribution < 1.29 is 14.4 Å². The Labute approximate surface area is 176 Å². The van der Waals surface area contributed by atoms with Gasteiger partial charge in [0.2, 0.25) is 0 Å². The van der Waals surface area contributed by atoms with Gasteiger partial charge in [0, 0.05) is 38.4 Å². The molecule has 0 aromatic heterocycles. The third-order valence-electron chi connectivity index (χ3n) is 4.55. The van der Waals surface area contributed by atoms with Gasteiger partial charge in [0.15, 0.2) is 0 Å². The van der Waals surface area contributed by atoms with Gasteiger partial charge in [-0.3, -0.25) is 9.69 Å². The van der Waals surface area contributed by atoms with E-state index in [1.165, 1.54) is 0 Å². The zero-order valence-corrected chi connectivity index (χ0v) is 17.1. The molecule has 0 aliphatic carbocycles. The Kier molecular flexibility index (Phi) is 7.05. The van der Waals surface area contributed by atoms with E-state index in [-0.39, 0.29) is 0 Å². The van der Waals surface area contributed by atoms with Gasteiger partial charge in [0.1, 0.15) is 0 Å². The molecule has 2 amide bonds. The third kappa shape index (κ3) is 5.85. The van der Waals surface area contributed by atoms with Gasteiger partial charge in [-0.05, 0) is 29.3 Å². The number of carbonyl (C=O) groups excluding carboxylic acids is 2. The molecule has 6 heteroatoms. The molecule has 0 spiro atoms. The summed E-state index contributed by atoms with van der Waals surface area (Å²) in [5.74, 6) is -0.480. The van der Waals surface area contributed by atoms with E-state index < -0.39 is 12.0 Å². The number of nitrogens with one attached hydrogen (secondary N) is 1. The van der Waals surface area contributed by atoms with Crippen LogP contribution in [0.4, 0.5) is 10.5 Å². The molecule has 154 valence electrons. The first-order chi connectivity index (χ1) is 14.5. The first-order valence-corrected chi connectivity index (χ1v) is 9.64. The molecule has 0 aliphatic heterocycles. The second-order valence-corrected chi connectivity index (χ2v) is 7.07. The fourth-order valence-corrected chi connectivity index (χ4v) is 2.93. The molecule has 0 aliphatic rings. The van der Waals surface area contributed by atoms with E-state index in [0.29, 0.717) is 18.7 Å². The normalized spacial score (nSPS) is 10.2. The smallest absolute Gasteiger partial charge is 0.378 e. The van der Waals surface area contributed by atoms with Gasteiger partial charge in [-0.25, -0.2) is 4.79 Å². The van der Waals surface area contributed by atoms with E-state index in [1.54, 1.807) is 23.1 Å². The van der Waals surface area contributed by atoms with Crippen LogP contribution in [0.15, 0.2) is 84.9 Å². The summed E-state index contributed by atoms with van der Waals surface area (Å²) in [6, 6.07) is 26.4. The van der Waals surface area contributed by atoms with Crippen LogP contribution in [0, 0.1) is 0 Å². The van der Waals surface area contributed by atoms with Crippen LogP contribution >= 0.6 is 0 Å². The summed E-state index contributed by atoms with van der Waals surface area (Å²) in [5.41, 5.74) is 5.49. The number of benzene rings is 3. The number of amides is 2. The van der Waals surface area contributed by atoms with Crippen molar-refractivity contribution in [1.82, 2.24) is 10.4 Å². The molecule has 30 heavy (non-hydrogen) atoms. The second kappa shape index (κ2) is 10.1. The molecule has 0 fully saturated rings. The zero-order chi connectivity index (χ0) is 21.3. The SMILES string of the molecule is CN(C)c1cccc(C(=O)NOC(=O)N(Cc2ccccc2)Cc2ccccc2)c1. The fourth-order valence-electron chi connectivity index (χ4n) is 2.93. The van der Waals surface area contributed by atoms with Crippen molar-refractivity contribution in [2.45, 2.75) is 13.1 Å². The predicted octanol–water partition coefficient (Wildman–Crippen LogP) is 4.24. The largest absolute Gasteiger partial charge is 0.434 e. The highest BCUT2D eigenvalue weighted by Gasteiger charge is 2.18. The maximum absolute atomic E-state index is 12.7. The Hall–Kier alpha value is -3.80. The van der Waals surface area contributed by atoms with Crippen molar-refractivity contribution in [2.75, 3.05) is 19.0 Å². The molecule has 0 radical (unpaired) electrons. The van der Waals surface area contributed by atoms with Gasteiger partial charge >= 0.3 is 6.09 Å². The van der Waals surface area contributed by atoms with E-state index >= 15 is 0 Å². The number of hydrogen-bond donors (Lipinski definition) is 1. The number of nitrogens with zero attached hydrogens (tertiary/aromatic N) is 2. The van der Waals surface area contributed by atoms with Crippen LogP contribution in [0.1, 0.15) is 21.5 Å². The molecule has 1 N–H and O–H groups in total. The minimum absolute atomic E-state index is 0.362. The molecule has 3 rings (SSSR count). The summed E-state index contributed by atoms with van der Waals surface area (Å²) in [7, 11) is 3.78. The van der Waals surface area contributed by atoms with Gasteiger partial charge in [-0.1, -0.05) is 66.7 Å². The van der Waals surface area contributed by atoms with Crippen LogP contribution in [-0.4, -0.2) is 31.0 Å². The highest BCUT2D eigenvalue weighted by atomic mass is 16.7. The molecular weight excluding hydrogens is 378 g/mol. The Morgan fingerprint density at radius 2 is 1.37 bits per heavy atom. The highest BCUT2D eigenvalue weighted by Crippen LogP contribution is 2.14. The second-order valence-electron chi connectivity index (χ2n) is 7.07. The van der Waals surface area contributed by atoms with Crippen LogP contribution in [0.25, 0.3) is 0 Å². The predicted molar refractivity (Wildman–Crippen MR) is 117 cm³/mol. The average Bonchev–Trinajstić information content (AvgIpc) is 2.78. The van der Waals surface area contributed by atoms with E-state index in [9.17, 15) is 9.59 Å². The Bertz CT molecular complexity index is 934. The topological polar surface area (TPSA) is 61.9 Å². The maximum Gasteiger partial charge on any atom is 0.434 e. The fraction of sp³-hybridized carbons (Fsp3) is 0.167. The Morgan fingerprint density at radius 3 is 1.90 bits per heavy atom. The van der Waals surface area contributed by atoms with Crippen molar-refractivity contribution >= 4 is 17.7 Å². The molecule has 3 aromatic carbocycles. The van der Waals surface area contributed by atoms with E-state index in [1.807, 2.05) is 85.7 Å². The van der Waals surface area contributed by atoms with Crippen LogP contribution in [-0.2, 0) is 17.9 Å². The van der Waals surface area contributed by atoms with Crippen LogP contribution in [0.5, 0.6) is 0 Å². The van der Waals surface area contributed by atoms with Crippen LogP contribution < -0.4 is 10.4 Å². The van der Waals surface area contributed by atoms with Gasteiger partial charge < -0.3 is 9.74 Å². The first kappa shape index (κ1) is 20.9. The van der Waals surface area contributed by atoms with Crippen molar-refractivity contribution in [2.24, 2.45) is 0 Å². The van der Waals surface area contributed by atoms with Crippen molar-refractivity contribution in [1.29, 1.82) is 0 Å². The number of hydroxylamine groups is 1. The molecule has 6 nitrogen and oxygen atoms in total. The van der Waals surface area contributed by atoms with Gasteiger partial charge in [0.25, 0.3) is 5.91 Å². The maximum atomic E-state index is 12.7. The van der Waals surface area contributed by atoms with Gasteiger partial charge in [0.05, 0.1) is 0 Å². The van der Waals surface area contributed by atoms with Gasteiger partial charge in [-0.15, -0.1) is 0 Å². The highest BCUT2D eigenvalue weighted by molar-refractivity contribution is 5.95. The lowest BCUT2D eigenvalue weighted by Crippen LogP contribution is -2.36. The van der Waals surface area contributed by atoms with Crippen molar-refractivity contribution in [3.63, 3.8) is 0 Å². The van der Waals surface area contributed by atoms with E-state index in [2.05, 4.69) is 5.48 Å². The molecule has 0 saturated carbocycles. The van der Waals surface area contributed by atoms with Crippen molar-refractivity contribution in [3.05, 3.63) is 102 Å². The van der Waals surface area contributed by atoms with Crippen molar-refractivity contribution in [3.8, 4) is 0 Å². The lowest BCUT2D eigenvalue weighted by molar-refractivity contribution is 0.0397. The summed E-state index contributed by atoms with van der Waals surface area (Å²) in [6.07, 6.45) is -0.625. The summed E-state index contributed by atoms with van der Waals surface area (Å²) in [6.45, 7) is 0.723. The summed E-state index contributed by atoms with van der Waals surface area (Å²) < 4.78 is 0. The molecule has 0 unspecified atom stereocenters. The quantitative estimate of drug-likeness (QED) is 0.626. The standard InChI is InChI=1S/C24H25N3O3/c1-26(2)22-15-9-14-21(16-22)23(28)25-30-24(29)27(17-19-10-5-3-6-11-19)18-20-12-7-4-8-13-20/h3-16H,17-18H2,1-2H3,(H,25,28). The molecule has 0 bridgehead atoms. The number of anilines is 1. The molecule has 3 aromatic rings. The molecular formula is C24H25N3O3. The minimum atomic E-state index is -0.625. The van der Waals surface area contributed by atoms with E-state index in [4.69, 9.17) is 4.84 Å². The average molecular weight is 403 g/mol. The molecule has 0 saturated heterocycles.